The molecule has 1 aromatic rings. The number of anilines is 1. The molecule has 5 bridgehead atoms. The van der Waals surface area contributed by atoms with Crippen molar-refractivity contribution in [3.63, 3.8) is 0 Å². The fourth-order valence-electron chi connectivity index (χ4n) is 9.51. The van der Waals surface area contributed by atoms with Gasteiger partial charge in [-0.25, -0.2) is 4.79 Å². The molecule has 38 heavy (non-hydrogen) atoms. The fraction of sp³-hybridized carbons (Fsp3) is 0.704. The number of hydrogen-bond acceptors (Lipinski definition) is 8. The van der Waals surface area contributed by atoms with Gasteiger partial charge >= 0.3 is 5.97 Å². The van der Waals surface area contributed by atoms with E-state index in [1.807, 2.05) is 0 Å². The molecule has 0 aromatic heterocycles. The zero-order chi connectivity index (χ0) is 27.9. The summed E-state index contributed by atoms with van der Waals surface area (Å²) in [5, 5.41) is 57.8. The summed E-state index contributed by atoms with van der Waals surface area (Å²) in [5.74, 6) is -2.69. The predicted molar refractivity (Wildman–Crippen MR) is 138 cm³/mol. The molecule has 5 heterocycles. The second-order valence-corrected chi connectivity index (χ2v) is 12.7. The van der Waals surface area contributed by atoms with Crippen LogP contribution in [0.25, 0.3) is 0 Å². The van der Waals surface area contributed by atoms with Gasteiger partial charge in [-0.2, -0.15) is 0 Å². The molecule has 10 nitrogen and oxygen atoms in total. The zero-order valence-corrected chi connectivity index (χ0v) is 23.4. The summed E-state index contributed by atoms with van der Waals surface area (Å²) in [6.45, 7) is 5.54. The average molecular weight is 598 g/mol. The van der Waals surface area contributed by atoms with Crippen molar-refractivity contribution in [1.29, 1.82) is 0 Å². The number of hydrogen-bond donors (Lipinski definition) is 5. The first-order chi connectivity index (χ1) is 17.9. The molecule has 7 rings (SSSR count). The first-order valence-corrected chi connectivity index (χ1v) is 14.2. The molecule has 5 aliphatic heterocycles. The highest BCUT2D eigenvalue weighted by Gasteiger charge is 2.82. The number of carboxylic acid groups (broad SMARTS) is 2. The van der Waals surface area contributed by atoms with E-state index in [0.717, 1.165) is 34.8 Å². The van der Waals surface area contributed by atoms with Crippen LogP contribution >= 0.6 is 15.9 Å². The molecule has 1 spiro atoms. The molecule has 1 unspecified atom stereocenters. The lowest BCUT2D eigenvalue weighted by Gasteiger charge is -2.68. The van der Waals surface area contributed by atoms with Gasteiger partial charge in [0.2, 0.25) is 0 Å². The Morgan fingerprint density at radius 1 is 1.21 bits per heavy atom. The highest BCUT2D eigenvalue weighted by Crippen LogP contribution is 2.71. The SMILES string of the molecule is CCC[N+]12[C@H](O)[C@@H](CC)[C@@H]3C[C@H]1[C@@H]1N(C)c4ccc(Br)cc4[C@]14C[C@H]2[C@H]3[C@H]4O.O=C([O-])[C@H](O)[C@@H](O)C(=O)O. The summed E-state index contributed by atoms with van der Waals surface area (Å²) in [5.41, 5.74) is 2.47. The number of benzene rings is 1. The molecule has 1 aliphatic carbocycles. The summed E-state index contributed by atoms with van der Waals surface area (Å²) < 4.78 is 1.97. The van der Waals surface area contributed by atoms with E-state index in [1.54, 1.807) is 0 Å². The van der Waals surface area contributed by atoms with Crippen molar-refractivity contribution in [3.8, 4) is 0 Å². The zero-order valence-electron chi connectivity index (χ0n) is 21.8. The Labute approximate surface area is 230 Å². The molecular weight excluding hydrogens is 560 g/mol. The number of carbonyl (C=O) groups excluding carboxylic acids is 1. The molecule has 1 aromatic carbocycles. The number of halogens is 1. The maximum Gasteiger partial charge on any atom is 0.335 e. The van der Waals surface area contributed by atoms with Crippen LogP contribution in [0.15, 0.2) is 22.7 Å². The van der Waals surface area contributed by atoms with E-state index in [-0.39, 0.29) is 23.8 Å². The van der Waals surface area contributed by atoms with Crippen molar-refractivity contribution < 1.29 is 44.7 Å². The summed E-state index contributed by atoms with van der Waals surface area (Å²) in [6, 6.07) is 7.75. The number of nitrogens with zero attached hydrogens (tertiary/aromatic N) is 2. The Bertz CT molecular complexity index is 1120. The van der Waals surface area contributed by atoms with Crippen LogP contribution in [-0.2, 0) is 15.0 Å². The third kappa shape index (κ3) is 3.35. The van der Waals surface area contributed by atoms with Crippen LogP contribution in [0, 0.1) is 17.8 Å². The van der Waals surface area contributed by atoms with E-state index in [4.69, 9.17) is 15.3 Å². The second kappa shape index (κ2) is 9.42. The highest BCUT2D eigenvalue weighted by molar-refractivity contribution is 9.10. The first-order valence-electron chi connectivity index (χ1n) is 13.5. The van der Waals surface area contributed by atoms with Gasteiger partial charge in [-0.15, -0.1) is 0 Å². The third-order valence-corrected chi connectivity index (χ3v) is 11.1. The summed E-state index contributed by atoms with van der Waals surface area (Å²) in [7, 11) is 2.23. The number of quaternary nitrogens is 1. The highest BCUT2D eigenvalue weighted by atomic mass is 79.9. The Kier molecular flexibility index (Phi) is 6.89. The smallest absolute Gasteiger partial charge is 0.335 e. The third-order valence-electron chi connectivity index (χ3n) is 10.6. The minimum Gasteiger partial charge on any atom is -0.547 e. The van der Waals surface area contributed by atoms with E-state index in [0.29, 0.717) is 29.8 Å². The lowest BCUT2D eigenvalue weighted by molar-refractivity contribution is -1.04. The standard InChI is InChI=1S/C23H32BrN2O2.C4H6O6/c1-4-8-26-17-10-14(13(5-2)22(26)28)19-18(26)11-23(21(19)27)15-9-12(24)6-7-16(15)25(3)20(17)23;5-1(3(7)8)2(6)4(9)10/h6-7,9,13-14,17-22,27-28H,4-5,8,10-11H2,1-3H3;1-2,5-6H,(H,7,8)(H,9,10)/q+1;/p-1/t13-,14-,17-,18-,19-,20-,21+,22+,23+,26?;1-,2-/m01/s1. The summed E-state index contributed by atoms with van der Waals surface area (Å²) in [4.78, 5) is 21.9. The molecule has 1 saturated carbocycles. The number of carboxylic acids is 2. The van der Waals surface area contributed by atoms with Crippen LogP contribution in [0.5, 0.6) is 0 Å². The minimum atomic E-state index is -2.38. The van der Waals surface area contributed by atoms with Crippen molar-refractivity contribution >= 4 is 33.6 Å². The van der Waals surface area contributed by atoms with Crippen LogP contribution in [-0.4, -0.2) is 98.2 Å². The van der Waals surface area contributed by atoms with Gasteiger partial charge in [-0.1, -0.05) is 29.8 Å². The van der Waals surface area contributed by atoms with Gasteiger partial charge in [0.05, 0.1) is 36.1 Å². The number of rotatable bonds is 6. The normalized spacial score (nSPS) is 42.7. The lowest BCUT2D eigenvalue weighted by atomic mass is 9.60. The monoisotopic (exact) mass is 596 g/mol. The molecule has 4 saturated heterocycles. The quantitative estimate of drug-likeness (QED) is 0.280. The van der Waals surface area contributed by atoms with Crippen molar-refractivity contribution in [2.45, 2.75) is 87.6 Å². The molecule has 12 atom stereocenters. The van der Waals surface area contributed by atoms with Crippen molar-refractivity contribution in [1.82, 2.24) is 0 Å². The van der Waals surface area contributed by atoms with E-state index >= 15 is 0 Å². The lowest BCUT2D eigenvalue weighted by Crippen LogP contribution is -2.83. The Balaban J connectivity index is 0.000000253. The number of piperidine rings is 4. The van der Waals surface area contributed by atoms with E-state index in [1.165, 1.54) is 17.7 Å². The maximum absolute atomic E-state index is 12.0. The second-order valence-electron chi connectivity index (χ2n) is 11.8. The summed E-state index contributed by atoms with van der Waals surface area (Å²) >= 11 is 3.69. The topological polar surface area (TPSA) is 162 Å². The number of aliphatic carboxylic acids is 2. The number of likely N-dealkylation sites (N-methyl/N-ethyl adjacent to an activating group) is 1. The molecule has 11 heteroatoms. The molecular formula is C27H37BrN2O8. The Morgan fingerprint density at radius 2 is 1.89 bits per heavy atom. The fourth-order valence-corrected chi connectivity index (χ4v) is 9.87. The molecule has 0 amide bonds. The van der Waals surface area contributed by atoms with Gasteiger partial charge in [-0.3, -0.25) is 4.48 Å². The van der Waals surface area contributed by atoms with Crippen LogP contribution in [0.2, 0.25) is 0 Å². The predicted octanol–water partition coefficient (Wildman–Crippen LogP) is -0.215. The van der Waals surface area contributed by atoms with Gasteiger partial charge in [0.15, 0.2) is 12.3 Å². The van der Waals surface area contributed by atoms with Gasteiger partial charge in [-0.05, 0) is 42.5 Å². The number of fused-ring (bicyclic) bond motifs is 2. The van der Waals surface area contributed by atoms with Crippen molar-refractivity contribution in [2.75, 3.05) is 18.5 Å². The van der Waals surface area contributed by atoms with Gasteiger partial charge in [0, 0.05) is 41.9 Å². The van der Waals surface area contributed by atoms with Crippen LogP contribution in [0.3, 0.4) is 0 Å². The maximum atomic E-state index is 12.0. The first kappa shape index (κ1) is 27.8. The largest absolute Gasteiger partial charge is 0.547 e. The van der Waals surface area contributed by atoms with Gasteiger partial charge in [0.1, 0.15) is 12.1 Å². The summed E-state index contributed by atoms with van der Waals surface area (Å²) in [6.07, 6.45) is -0.958. The number of aliphatic hydroxyl groups excluding tert-OH is 4. The van der Waals surface area contributed by atoms with Gasteiger partial charge in [0.25, 0.3) is 0 Å². The number of carbonyl (C=O) groups is 2. The molecule has 5 N–H and O–H groups in total. The number of aliphatic hydroxyl groups is 4. The molecule has 0 radical (unpaired) electrons. The van der Waals surface area contributed by atoms with Crippen LogP contribution in [0.4, 0.5) is 5.69 Å². The van der Waals surface area contributed by atoms with Crippen LogP contribution in [0.1, 0.15) is 45.1 Å². The van der Waals surface area contributed by atoms with Crippen LogP contribution < -0.4 is 10.0 Å². The molecule has 5 fully saturated rings. The van der Waals surface area contributed by atoms with E-state index in [2.05, 4.69) is 59.9 Å². The molecule has 6 aliphatic rings. The van der Waals surface area contributed by atoms with E-state index < -0.39 is 24.1 Å². The van der Waals surface area contributed by atoms with Gasteiger partial charge < -0.3 is 40.3 Å². The molecule has 210 valence electrons. The van der Waals surface area contributed by atoms with Crippen molar-refractivity contribution in [2.24, 2.45) is 17.8 Å². The van der Waals surface area contributed by atoms with E-state index in [9.17, 15) is 24.9 Å². The minimum absolute atomic E-state index is 0.166. The Hall–Kier alpha value is -1.76. The average Bonchev–Trinajstić information content (AvgIpc) is 3.25. The van der Waals surface area contributed by atoms with Crippen molar-refractivity contribution in [3.05, 3.63) is 28.2 Å². The Morgan fingerprint density at radius 3 is 2.45 bits per heavy atom.